The van der Waals surface area contributed by atoms with Crippen LogP contribution in [-0.2, 0) is 0 Å². The summed E-state index contributed by atoms with van der Waals surface area (Å²) in [7, 11) is 0. The summed E-state index contributed by atoms with van der Waals surface area (Å²) in [6.45, 7) is 2.93. The summed E-state index contributed by atoms with van der Waals surface area (Å²) in [5, 5.41) is 0. The van der Waals surface area contributed by atoms with Gasteiger partial charge in [0.05, 0.1) is 18.9 Å². The van der Waals surface area contributed by atoms with Crippen LogP contribution in [0.25, 0.3) is 0 Å². The highest BCUT2D eigenvalue weighted by Gasteiger charge is 2.15. The van der Waals surface area contributed by atoms with Crippen molar-refractivity contribution in [3.8, 4) is 0 Å². The predicted molar refractivity (Wildman–Crippen MR) is 81.7 cm³/mol. The molecule has 5 heteroatoms. The van der Waals surface area contributed by atoms with Crippen molar-refractivity contribution in [2.24, 2.45) is 9.98 Å². The fraction of sp³-hybridized carbons (Fsp3) is 0.467. The van der Waals surface area contributed by atoms with Crippen LogP contribution in [0.15, 0.2) is 40.3 Å². The van der Waals surface area contributed by atoms with Crippen LogP contribution in [0.1, 0.15) is 30.9 Å². The molecular weight excluding hydrogens is 250 g/mol. The highest BCUT2D eigenvalue weighted by atomic mass is 15.5. The van der Waals surface area contributed by atoms with Gasteiger partial charge in [-0.3, -0.25) is 5.43 Å². The molecule has 0 saturated carbocycles. The molecule has 5 nitrogen and oxygen atoms in total. The van der Waals surface area contributed by atoms with Crippen molar-refractivity contribution in [2.45, 2.75) is 25.3 Å². The molecule has 20 heavy (non-hydrogen) atoms. The lowest BCUT2D eigenvalue weighted by atomic mass is 10.1. The largest absolute Gasteiger partial charge is 0.362 e. The molecule has 0 spiro atoms. The molecule has 0 aliphatic carbocycles. The number of aliphatic imine (C=N–C) groups is 2. The Kier molecular flexibility index (Phi) is 4.28. The van der Waals surface area contributed by atoms with Gasteiger partial charge in [0.25, 0.3) is 0 Å². The molecule has 0 radical (unpaired) electrons. The van der Waals surface area contributed by atoms with E-state index in [2.05, 4.69) is 37.9 Å². The van der Waals surface area contributed by atoms with Gasteiger partial charge in [-0.25, -0.2) is 15.4 Å². The van der Waals surface area contributed by atoms with E-state index >= 15 is 0 Å². The number of likely N-dealkylation sites (tertiary alicyclic amines) is 1. The number of nitrogens with zero attached hydrogens (tertiary/aromatic N) is 3. The van der Waals surface area contributed by atoms with Crippen molar-refractivity contribution in [3.63, 3.8) is 0 Å². The minimum atomic E-state index is 0.213. The molecule has 3 rings (SSSR count). The Morgan fingerprint density at radius 3 is 2.65 bits per heavy atom. The maximum Gasteiger partial charge on any atom is 0.234 e. The molecule has 2 aliphatic rings. The Hall–Kier alpha value is -1.88. The lowest BCUT2D eigenvalue weighted by Crippen LogP contribution is -2.44. The maximum absolute atomic E-state index is 4.49. The van der Waals surface area contributed by atoms with Crippen molar-refractivity contribution in [1.82, 2.24) is 15.8 Å². The molecular formula is C15H21N5. The molecule has 1 aromatic rings. The van der Waals surface area contributed by atoms with Crippen LogP contribution >= 0.6 is 0 Å². The van der Waals surface area contributed by atoms with Gasteiger partial charge in [-0.15, -0.1) is 0 Å². The van der Waals surface area contributed by atoms with E-state index in [1.165, 1.54) is 24.8 Å². The fourth-order valence-electron chi connectivity index (χ4n) is 2.53. The van der Waals surface area contributed by atoms with Crippen LogP contribution < -0.4 is 10.9 Å². The number of hydrazine groups is 1. The first-order chi connectivity index (χ1) is 9.92. The number of piperidine rings is 1. The topological polar surface area (TPSA) is 52.0 Å². The van der Waals surface area contributed by atoms with E-state index < -0.39 is 0 Å². The van der Waals surface area contributed by atoms with Gasteiger partial charge in [0.2, 0.25) is 5.96 Å². The molecule has 1 saturated heterocycles. The van der Waals surface area contributed by atoms with Crippen LogP contribution in [-0.4, -0.2) is 36.8 Å². The molecule has 1 unspecified atom stereocenters. The second kappa shape index (κ2) is 6.52. The zero-order valence-corrected chi connectivity index (χ0v) is 11.6. The number of guanidine groups is 1. The first-order valence-corrected chi connectivity index (χ1v) is 7.31. The number of hydrogen-bond acceptors (Lipinski definition) is 4. The van der Waals surface area contributed by atoms with Crippen LogP contribution in [0.5, 0.6) is 0 Å². The van der Waals surface area contributed by atoms with Gasteiger partial charge in [0.15, 0.2) is 0 Å². The zero-order valence-electron chi connectivity index (χ0n) is 11.6. The normalized spacial score (nSPS) is 23.5. The number of nitrogens with one attached hydrogen (secondary N) is 2. The molecule has 2 N–H and O–H groups in total. The van der Waals surface area contributed by atoms with E-state index in [0.717, 1.165) is 13.1 Å². The SMILES string of the molecule is C(=N\C1=NCC(c2ccccc2)NN1)/N1CCCCC1. The van der Waals surface area contributed by atoms with Crippen molar-refractivity contribution in [1.29, 1.82) is 0 Å². The Morgan fingerprint density at radius 2 is 1.95 bits per heavy atom. The highest BCUT2D eigenvalue weighted by Crippen LogP contribution is 2.13. The van der Waals surface area contributed by atoms with Crippen LogP contribution in [0.3, 0.4) is 0 Å². The van der Waals surface area contributed by atoms with Crippen molar-refractivity contribution in [3.05, 3.63) is 35.9 Å². The van der Waals surface area contributed by atoms with E-state index in [1.54, 1.807) is 0 Å². The maximum atomic E-state index is 4.49. The van der Waals surface area contributed by atoms with Gasteiger partial charge in [-0.05, 0) is 24.8 Å². The number of benzene rings is 1. The van der Waals surface area contributed by atoms with Crippen LogP contribution in [0.2, 0.25) is 0 Å². The minimum Gasteiger partial charge on any atom is -0.362 e. The molecule has 1 fully saturated rings. The molecule has 0 aromatic heterocycles. The third-order valence-corrected chi connectivity index (χ3v) is 3.72. The first kappa shape index (κ1) is 13.1. The quantitative estimate of drug-likeness (QED) is 0.636. The Balaban J connectivity index is 1.55. The molecule has 2 aliphatic heterocycles. The summed E-state index contributed by atoms with van der Waals surface area (Å²) >= 11 is 0. The van der Waals surface area contributed by atoms with Gasteiger partial charge in [-0.1, -0.05) is 30.3 Å². The molecule has 2 heterocycles. The Bertz CT molecular complexity index is 476. The molecule has 106 valence electrons. The highest BCUT2D eigenvalue weighted by molar-refractivity contribution is 5.87. The summed E-state index contributed by atoms with van der Waals surface area (Å²) in [4.78, 5) is 11.2. The van der Waals surface area contributed by atoms with E-state index in [0.29, 0.717) is 12.5 Å². The number of hydrogen-bond donors (Lipinski definition) is 2. The second-order valence-electron chi connectivity index (χ2n) is 5.24. The van der Waals surface area contributed by atoms with E-state index in [-0.39, 0.29) is 6.04 Å². The van der Waals surface area contributed by atoms with Crippen LogP contribution in [0, 0.1) is 0 Å². The lowest BCUT2D eigenvalue weighted by molar-refractivity contribution is 0.351. The van der Waals surface area contributed by atoms with Gasteiger partial charge in [0, 0.05) is 13.1 Å². The Morgan fingerprint density at radius 1 is 1.15 bits per heavy atom. The average Bonchev–Trinajstić information content (AvgIpc) is 2.55. The fourth-order valence-corrected chi connectivity index (χ4v) is 2.53. The first-order valence-electron chi connectivity index (χ1n) is 7.31. The predicted octanol–water partition coefficient (Wildman–Crippen LogP) is 1.71. The van der Waals surface area contributed by atoms with Crippen molar-refractivity contribution in [2.75, 3.05) is 19.6 Å². The third kappa shape index (κ3) is 3.36. The van der Waals surface area contributed by atoms with Crippen molar-refractivity contribution >= 4 is 12.3 Å². The minimum absolute atomic E-state index is 0.213. The van der Waals surface area contributed by atoms with E-state index in [4.69, 9.17) is 0 Å². The van der Waals surface area contributed by atoms with Gasteiger partial charge >= 0.3 is 0 Å². The van der Waals surface area contributed by atoms with E-state index in [9.17, 15) is 0 Å². The number of rotatable bonds is 2. The molecule has 1 atom stereocenters. The second-order valence-corrected chi connectivity index (χ2v) is 5.24. The van der Waals surface area contributed by atoms with E-state index in [1.807, 2.05) is 24.5 Å². The summed E-state index contributed by atoms with van der Waals surface area (Å²) in [6, 6.07) is 10.5. The zero-order chi connectivity index (χ0) is 13.6. The van der Waals surface area contributed by atoms with Crippen molar-refractivity contribution < 1.29 is 0 Å². The molecule has 0 bridgehead atoms. The summed E-state index contributed by atoms with van der Waals surface area (Å²) < 4.78 is 0. The summed E-state index contributed by atoms with van der Waals surface area (Å²) in [5.74, 6) is 0.669. The Labute approximate surface area is 119 Å². The lowest BCUT2D eigenvalue weighted by Gasteiger charge is -2.25. The average molecular weight is 271 g/mol. The monoisotopic (exact) mass is 271 g/mol. The smallest absolute Gasteiger partial charge is 0.234 e. The van der Waals surface area contributed by atoms with Gasteiger partial charge in [0.1, 0.15) is 0 Å². The third-order valence-electron chi connectivity index (χ3n) is 3.72. The molecule has 0 amide bonds. The van der Waals surface area contributed by atoms with Gasteiger partial charge in [-0.2, -0.15) is 0 Å². The standard InChI is InChI=1S/C15H21N5/c1-3-7-13(8-4-1)14-11-16-15(19-18-14)17-12-20-9-5-2-6-10-20/h1,3-4,7-8,12,14,18H,2,5-6,9-11H2,(H,16,19)/b17-12+. The molecule has 1 aromatic carbocycles. The summed E-state index contributed by atoms with van der Waals surface area (Å²) in [6.07, 6.45) is 5.78. The summed E-state index contributed by atoms with van der Waals surface area (Å²) in [5.41, 5.74) is 7.58. The van der Waals surface area contributed by atoms with Gasteiger partial charge < -0.3 is 4.90 Å². The van der Waals surface area contributed by atoms with Crippen LogP contribution in [0.4, 0.5) is 0 Å².